The second-order valence-corrected chi connectivity index (χ2v) is 4.99. The number of ether oxygens (including phenoxy) is 1. The van der Waals surface area contributed by atoms with Crippen molar-refractivity contribution in [3.05, 3.63) is 35.4 Å². The van der Waals surface area contributed by atoms with Crippen LogP contribution in [0.5, 0.6) is 0 Å². The molecule has 1 rings (SSSR count). The monoisotopic (exact) mass is 259 g/mol. The Bertz CT molecular complexity index is 509. The van der Waals surface area contributed by atoms with Crippen molar-refractivity contribution < 1.29 is 14.3 Å². The van der Waals surface area contributed by atoms with Crippen LogP contribution in [0.3, 0.4) is 0 Å². The van der Waals surface area contributed by atoms with E-state index in [1.54, 1.807) is 45.0 Å². The van der Waals surface area contributed by atoms with Crippen LogP contribution >= 0.6 is 0 Å². The maximum Gasteiger partial charge on any atom is 0.408 e. The number of benzene rings is 1. The highest BCUT2D eigenvalue weighted by Gasteiger charge is 2.21. The fraction of sp³-hybridized carbons (Fsp3) is 0.333. The number of alkyl carbamates (subject to hydrolysis) is 1. The molecule has 1 amide bonds. The summed E-state index contributed by atoms with van der Waals surface area (Å²) >= 11 is 0. The van der Waals surface area contributed by atoms with E-state index in [1.165, 1.54) is 0 Å². The minimum atomic E-state index is -0.818. The molecule has 19 heavy (non-hydrogen) atoms. The van der Waals surface area contributed by atoms with Crippen molar-refractivity contribution in [3.8, 4) is 12.3 Å². The van der Waals surface area contributed by atoms with Gasteiger partial charge in [0.15, 0.2) is 0 Å². The van der Waals surface area contributed by atoms with Gasteiger partial charge in [0.1, 0.15) is 17.9 Å². The zero-order valence-corrected chi connectivity index (χ0v) is 11.3. The Labute approximate surface area is 113 Å². The van der Waals surface area contributed by atoms with Crippen LogP contribution in [0.4, 0.5) is 4.79 Å². The fourth-order valence-corrected chi connectivity index (χ4v) is 1.52. The Morgan fingerprint density at radius 1 is 1.42 bits per heavy atom. The third-order valence-corrected chi connectivity index (χ3v) is 2.26. The van der Waals surface area contributed by atoms with Crippen LogP contribution in [-0.2, 0) is 9.53 Å². The largest absolute Gasteiger partial charge is 0.444 e. The van der Waals surface area contributed by atoms with Crippen LogP contribution in [0.15, 0.2) is 24.3 Å². The molecule has 0 saturated heterocycles. The van der Waals surface area contributed by atoms with E-state index in [0.29, 0.717) is 17.4 Å². The summed E-state index contributed by atoms with van der Waals surface area (Å²) in [6.45, 7) is 5.24. The SMILES string of the molecule is C#Cc1ccccc1C(C=O)NC(=O)OC(C)(C)C. The third kappa shape index (κ3) is 4.47. The minimum absolute atomic E-state index is 0.565. The number of nitrogens with one attached hydrogen (secondary N) is 1. The molecule has 0 aliphatic heterocycles. The number of terminal acetylenes is 1. The van der Waals surface area contributed by atoms with Crippen molar-refractivity contribution in [2.45, 2.75) is 32.4 Å². The van der Waals surface area contributed by atoms with Gasteiger partial charge >= 0.3 is 6.09 Å². The molecular weight excluding hydrogens is 242 g/mol. The first-order valence-electron chi connectivity index (χ1n) is 5.87. The van der Waals surface area contributed by atoms with Gasteiger partial charge in [-0.05, 0) is 32.4 Å². The molecule has 1 atom stereocenters. The van der Waals surface area contributed by atoms with Gasteiger partial charge in [0, 0.05) is 5.56 Å². The zero-order chi connectivity index (χ0) is 14.5. The van der Waals surface area contributed by atoms with Crippen molar-refractivity contribution in [1.82, 2.24) is 5.32 Å². The summed E-state index contributed by atoms with van der Waals surface area (Å²) in [6.07, 6.45) is 5.33. The van der Waals surface area contributed by atoms with Crippen molar-refractivity contribution in [3.63, 3.8) is 0 Å². The second-order valence-electron chi connectivity index (χ2n) is 4.99. The lowest BCUT2D eigenvalue weighted by Gasteiger charge is -2.22. The Morgan fingerprint density at radius 2 is 2.05 bits per heavy atom. The molecule has 0 aromatic heterocycles. The summed E-state index contributed by atoms with van der Waals surface area (Å²) in [4.78, 5) is 22.8. The Kier molecular flexibility index (Phi) is 4.71. The molecule has 4 nitrogen and oxygen atoms in total. The normalized spacial score (nSPS) is 12.1. The molecule has 1 aromatic carbocycles. The summed E-state index contributed by atoms with van der Waals surface area (Å²) in [6, 6.07) is 6.12. The van der Waals surface area contributed by atoms with Gasteiger partial charge in [-0.2, -0.15) is 0 Å². The Morgan fingerprint density at radius 3 is 2.58 bits per heavy atom. The lowest BCUT2D eigenvalue weighted by molar-refractivity contribution is -0.109. The number of rotatable bonds is 3. The van der Waals surface area contributed by atoms with Gasteiger partial charge in [-0.15, -0.1) is 6.42 Å². The highest BCUT2D eigenvalue weighted by molar-refractivity contribution is 5.75. The predicted molar refractivity (Wildman–Crippen MR) is 72.6 cm³/mol. The fourth-order valence-electron chi connectivity index (χ4n) is 1.52. The van der Waals surface area contributed by atoms with Gasteiger partial charge in [0.05, 0.1) is 0 Å². The van der Waals surface area contributed by atoms with E-state index in [-0.39, 0.29) is 0 Å². The van der Waals surface area contributed by atoms with E-state index in [4.69, 9.17) is 11.2 Å². The number of amides is 1. The first kappa shape index (κ1) is 14.8. The molecule has 1 unspecified atom stereocenters. The average molecular weight is 259 g/mol. The second kappa shape index (κ2) is 6.05. The van der Waals surface area contributed by atoms with Crippen molar-refractivity contribution in [2.75, 3.05) is 0 Å². The maximum atomic E-state index is 11.7. The molecule has 0 aliphatic carbocycles. The highest BCUT2D eigenvalue weighted by atomic mass is 16.6. The summed E-state index contributed by atoms with van der Waals surface area (Å²) in [5.41, 5.74) is 0.518. The van der Waals surface area contributed by atoms with E-state index in [9.17, 15) is 9.59 Å². The topological polar surface area (TPSA) is 55.4 Å². The predicted octanol–water partition coefficient (Wildman–Crippen LogP) is 2.43. The molecule has 0 fully saturated rings. The summed E-state index contributed by atoms with van der Waals surface area (Å²) in [7, 11) is 0. The van der Waals surface area contributed by atoms with E-state index < -0.39 is 17.7 Å². The zero-order valence-electron chi connectivity index (χ0n) is 11.3. The molecule has 1 N–H and O–H groups in total. The van der Waals surface area contributed by atoms with Gasteiger partial charge in [0.25, 0.3) is 0 Å². The molecule has 100 valence electrons. The molecule has 0 saturated carbocycles. The van der Waals surface area contributed by atoms with Crippen LogP contribution in [0, 0.1) is 12.3 Å². The van der Waals surface area contributed by atoms with Gasteiger partial charge in [0.2, 0.25) is 0 Å². The lowest BCUT2D eigenvalue weighted by Crippen LogP contribution is -2.35. The van der Waals surface area contributed by atoms with Crippen LogP contribution in [0.1, 0.15) is 37.9 Å². The van der Waals surface area contributed by atoms with Gasteiger partial charge in [-0.3, -0.25) is 0 Å². The Balaban J connectivity index is 2.88. The Hall–Kier alpha value is -2.28. The first-order chi connectivity index (χ1) is 8.87. The average Bonchev–Trinajstić information content (AvgIpc) is 2.33. The third-order valence-electron chi connectivity index (χ3n) is 2.26. The smallest absolute Gasteiger partial charge is 0.408 e. The molecule has 1 aromatic rings. The number of hydrogen-bond donors (Lipinski definition) is 1. The van der Waals surface area contributed by atoms with E-state index in [1.807, 2.05) is 0 Å². The molecule has 0 spiro atoms. The van der Waals surface area contributed by atoms with Gasteiger partial charge in [-0.1, -0.05) is 24.1 Å². The molecular formula is C15H17NO3. The van der Waals surface area contributed by atoms with Crippen molar-refractivity contribution >= 4 is 12.4 Å². The molecule has 0 bridgehead atoms. The lowest BCUT2D eigenvalue weighted by atomic mass is 10.0. The van der Waals surface area contributed by atoms with E-state index >= 15 is 0 Å². The summed E-state index contributed by atoms with van der Waals surface area (Å²) in [5, 5.41) is 2.49. The summed E-state index contributed by atoms with van der Waals surface area (Å²) in [5.74, 6) is 2.48. The van der Waals surface area contributed by atoms with Crippen molar-refractivity contribution in [2.24, 2.45) is 0 Å². The van der Waals surface area contributed by atoms with Gasteiger partial charge < -0.3 is 14.8 Å². The molecule has 0 heterocycles. The van der Waals surface area contributed by atoms with Crippen LogP contribution in [0.2, 0.25) is 0 Å². The molecule has 0 radical (unpaired) electrons. The summed E-state index contributed by atoms with van der Waals surface area (Å²) < 4.78 is 5.10. The van der Waals surface area contributed by atoms with E-state index in [0.717, 1.165) is 0 Å². The molecule has 4 heteroatoms. The standard InChI is InChI=1S/C15H17NO3/c1-5-11-8-6-7-9-12(11)13(10-17)16-14(18)19-15(2,3)4/h1,6-10,13H,2-4H3,(H,16,18). The van der Waals surface area contributed by atoms with Crippen molar-refractivity contribution in [1.29, 1.82) is 0 Å². The van der Waals surface area contributed by atoms with Gasteiger partial charge in [-0.25, -0.2) is 4.79 Å². The highest BCUT2D eigenvalue weighted by Crippen LogP contribution is 2.16. The van der Waals surface area contributed by atoms with Crippen LogP contribution in [0.25, 0.3) is 0 Å². The number of carbonyl (C=O) groups is 2. The number of aldehydes is 1. The van der Waals surface area contributed by atoms with E-state index in [2.05, 4.69) is 11.2 Å². The quantitative estimate of drug-likeness (QED) is 0.670. The number of carbonyl (C=O) groups excluding carboxylic acids is 2. The minimum Gasteiger partial charge on any atom is -0.444 e. The first-order valence-corrected chi connectivity index (χ1v) is 5.87. The van der Waals surface area contributed by atoms with Crippen LogP contribution < -0.4 is 5.32 Å². The number of hydrogen-bond acceptors (Lipinski definition) is 3. The van der Waals surface area contributed by atoms with Crippen LogP contribution in [-0.4, -0.2) is 18.0 Å². The molecule has 0 aliphatic rings. The maximum absolute atomic E-state index is 11.7.